The molecule has 6 heteroatoms. The molecule has 154 valence electrons. The largest absolute Gasteiger partial charge is 0.481 e. The molecular weight excluding hydrogens is 400 g/mol. The van der Waals surface area contributed by atoms with Gasteiger partial charge in [0.25, 0.3) is 11.8 Å². The van der Waals surface area contributed by atoms with E-state index in [1.807, 2.05) is 31.2 Å². The average Bonchev–Trinajstić information content (AvgIpc) is 2.76. The minimum Gasteiger partial charge on any atom is -0.481 e. The van der Waals surface area contributed by atoms with E-state index in [1.54, 1.807) is 55.5 Å². The van der Waals surface area contributed by atoms with Crippen molar-refractivity contribution in [1.82, 2.24) is 0 Å². The topological polar surface area (TPSA) is 67.4 Å². The lowest BCUT2D eigenvalue weighted by Crippen LogP contribution is -2.30. The maximum absolute atomic E-state index is 12.5. The summed E-state index contributed by atoms with van der Waals surface area (Å²) in [6.45, 7) is 3.70. The Labute approximate surface area is 181 Å². The van der Waals surface area contributed by atoms with Crippen LogP contribution in [-0.4, -0.2) is 17.9 Å². The van der Waals surface area contributed by atoms with E-state index in [9.17, 15) is 9.59 Å². The van der Waals surface area contributed by atoms with Gasteiger partial charge >= 0.3 is 0 Å². The van der Waals surface area contributed by atoms with Gasteiger partial charge in [0.1, 0.15) is 5.75 Å². The van der Waals surface area contributed by atoms with E-state index >= 15 is 0 Å². The van der Waals surface area contributed by atoms with Crippen molar-refractivity contribution in [1.29, 1.82) is 0 Å². The molecule has 30 heavy (non-hydrogen) atoms. The zero-order valence-corrected chi connectivity index (χ0v) is 17.6. The molecule has 0 aliphatic rings. The van der Waals surface area contributed by atoms with Crippen LogP contribution in [0.1, 0.15) is 29.8 Å². The first-order valence-electron chi connectivity index (χ1n) is 9.68. The van der Waals surface area contributed by atoms with E-state index in [-0.39, 0.29) is 11.8 Å². The molecule has 0 unspecified atom stereocenters. The maximum atomic E-state index is 12.5. The van der Waals surface area contributed by atoms with Gasteiger partial charge in [-0.25, -0.2) is 0 Å². The average molecular weight is 423 g/mol. The van der Waals surface area contributed by atoms with Crippen molar-refractivity contribution < 1.29 is 14.3 Å². The number of para-hydroxylation sites is 1. The minimum atomic E-state index is -0.711. The molecule has 0 spiro atoms. The highest BCUT2D eigenvalue weighted by molar-refractivity contribution is 6.30. The van der Waals surface area contributed by atoms with E-state index < -0.39 is 6.10 Å². The van der Waals surface area contributed by atoms with Gasteiger partial charge in [-0.1, -0.05) is 36.7 Å². The van der Waals surface area contributed by atoms with Gasteiger partial charge in [-0.05, 0) is 73.5 Å². The second-order valence-corrected chi connectivity index (χ2v) is 7.18. The molecule has 0 fully saturated rings. The number of hydrogen-bond donors (Lipinski definition) is 2. The monoisotopic (exact) mass is 422 g/mol. The predicted molar refractivity (Wildman–Crippen MR) is 120 cm³/mol. The summed E-state index contributed by atoms with van der Waals surface area (Å²) < 4.78 is 5.69. The quantitative estimate of drug-likeness (QED) is 0.523. The van der Waals surface area contributed by atoms with Gasteiger partial charge in [-0.2, -0.15) is 0 Å². The molecule has 3 aromatic carbocycles. The van der Waals surface area contributed by atoms with E-state index in [1.165, 1.54) is 0 Å². The summed E-state index contributed by atoms with van der Waals surface area (Å²) in [5.41, 5.74) is 3.02. The summed E-state index contributed by atoms with van der Waals surface area (Å²) in [5.74, 6) is 0.0190. The highest BCUT2D eigenvalue weighted by Gasteiger charge is 2.15. The Hall–Kier alpha value is -3.31. The van der Waals surface area contributed by atoms with Crippen molar-refractivity contribution in [2.24, 2.45) is 0 Å². The van der Waals surface area contributed by atoms with Crippen molar-refractivity contribution in [2.45, 2.75) is 26.4 Å². The van der Waals surface area contributed by atoms with Gasteiger partial charge in [0, 0.05) is 22.0 Å². The van der Waals surface area contributed by atoms with Crippen LogP contribution in [0.25, 0.3) is 0 Å². The number of carbonyl (C=O) groups is 2. The summed E-state index contributed by atoms with van der Waals surface area (Å²) >= 11 is 5.85. The lowest BCUT2D eigenvalue weighted by molar-refractivity contribution is -0.122. The molecule has 2 N–H and O–H groups in total. The first-order valence-corrected chi connectivity index (χ1v) is 10.1. The normalized spacial score (nSPS) is 11.4. The van der Waals surface area contributed by atoms with Crippen LogP contribution in [0.4, 0.5) is 11.4 Å². The second kappa shape index (κ2) is 9.94. The van der Waals surface area contributed by atoms with Crippen LogP contribution < -0.4 is 15.4 Å². The molecule has 0 aromatic heterocycles. The Morgan fingerprint density at radius 1 is 0.933 bits per heavy atom. The second-order valence-electron chi connectivity index (χ2n) is 6.75. The number of carbonyl (C=O) groups excluding carboxylic acids is 2. The Bertz CT molecular complexity index is 1020. The molecule has 0 heterocycles. The molecule has 0 aliphatic heterocycles. The van der Waals surface area contributed by atoms with Crippen LogP contribution in [0.15, 0.2) is 72.8 Å². The first-order chi connectivity index (χ1) is 14.5. The Morgan fingerprint density at radius 2 is 1.60 bits per heavy atom. The highest BCUT2D eigenvalue weighted by atomic mass is 35.5. The van der Waals surface area contributed by atoms with Crippen molar-refractivity contribution >= 4 is 34.8 Å². The zero-order chi connectivity index (χ0) is 21.5. The molecule has 0 aliphatic carbocycles. The fraction of sp³-hybridized carbons (Fsp3) is 0.167. The van der Waals surface area contributed by atoms with Crippen LogP contribution >= 0.6 is 11.6 Å². The van der Waals surface area contributed by atoms with Crippen molar-refractivity contribution in [3.05, 3.63) is 88.9 Å². The van der Waals surface area contributed by atoms with Crippen LogP contribution in [0.3, 0.4) is 0 Å². The summed E-state index contributed by atoms with van der Waals surface area (Å²) in [6.07, 6.45) is 0.121. The molecule has 0 saturated heterocycles. The highest BCUT2D eigenvalue weighted by Crippen LogP contribution is 2.19. The van der Waals surface area contributed by atoms with Crippen LogP contribution in [0, 0.1) is 0 Å². The SMILES string of the molecule is CCc1ccccc1NC(=O)c1ccc(O[C@@H](C)C(=O)Nc2ccc(Cl)cc2)cc1. The Morgan fingerprint density at radius 3 is 2.27 bits per heavy atom. The fourth-order valence-corrected chi connectivity index (χ4v) is 2.99. The third-order valence-corrected chi connectivity index (χ3v) is 4.81. The summed E-state index contributed by atoms with van der Waals surface area (Å²) in [5, 5.41) is 6.30. The number of aryl methyl sites for hydroxylation is 1. The number of ether oxygens (including phenoxy) is 1. The minimum absolute atomic E-state index is 0.198. The van der Waals surface area contributed by atoms with Gasteiger partial charge in [-0.15, -0.1) is 0 Å². The molecular formula is C24H23ClN2O3. The molecule has 3 rings (SSSR count). The molecule has 1 atom stereocenters. The number of halogens is 1. The van der Waals surface area contributed by atoms with Crippen molar-refractivity contribution in [2.75, 3.05) is 10.6 Å². The van der Waals surface area contributed by atoms with Crippen molar-refractivity contribution in [3.8, 4) is 5.75 Å². The Balaban J connectivity index is 1.58. The molecule has 0 radical (unpaired) electrons. The number of rotatable bonds is 7. The van der Waals surface area contributed by atoms with Crippen molar-refractivity contribution in [3.63, 3.8) is 0 Å². The van der Waals surface area contributed by atoms with Gasteiger partial charge in [0.05, 0.1) is 0 Å². The van der Waals surface area contributed by atoms with Gasteiger partial charge in [0.15, 0.2) is 6.10 Å². The van der Waals surface area contributed by atoms with E-state index in [0.29, 0.717) is 22.0 Å². The smallest absolute Gasteiger partial charge is 0.265 e. The number of anilines is 2. The number of nitrogens with one attached hydrogen (secondary N) is 2. The van der Waals surface area contributed by atoms with Crippen LogP contribution in [-0.2, 0) is 11.2 Å². The fourth-order valence-electron chi connectivity index (χ4n) is 2.86. The molecule has 0 saturated carbocycles. The van der Waals surface area contributed by atoms with Gasteiger partial charge < -0.3 is 15.4 Å². The van der Waals surface area contributed by atoms with Crippen LogP contribution in [0.2, 0.25) is 5.02 Å². The standard InChI is InChI=1S/C24H23ClN2O3/c1-3-17-6-4-5-7-22(17)27-24(29)18-8-14-21(15-9-18)30-16(2)23(28)26-20-12-10-19(25)11-13-20/h4-16H,3H2,1-2H3,(H,26,28)(H,27,29)/t16-/m0/s1. The molecule has 3 aromatic rings. The van der Waals surface area contributed by atoms with Crippen LogP contribution in [0.5, 0.6) is 5.75 Å². The third kappa shape index (κ3) is 5.61. The summed E-state index contributed by atoms with van der Waals surface area (Å²) in [6, 6.07) is 21.2. The lowest BCUT2D eigenvalue weighted by atomic mass is 10.1. The molecule has 5 nitrogen and oxygen atoms in total. The van der Waals surface area contributed by atoms with E-state index in [0.717, 1.165) is 17.7 Å². The molecule has 2 amide bonds. The number of amides is 2. The van der Waals surface area contributed by atoms with Gasteiger partial charge in [-0.3, -0.25) is 9.59 Å². The summed E-state index contributed by atoms with van der Waals surface area (Å²) in [7, 11) is 0. The first kappa shape index (κ1) is 21.4. The maximum Gasteiger partial charge on any atom is 0.265 e. The number of hydrogen-bond acceptors (Lipinski definition) is 3. The summed E-state index contributed by atoms with van der Waals surface area (Å²) in [4.78, 5) is 24.8. The van der Waals surface area contributed by atoms with E-state index in [2.05, 4.69) is 10.6 Å². The van der Waals surface area contributed by atoms with E-state index in [4.69, 9.17) is 16.3 Å². The predicted octanol–water partition coefficient (Wildman–Crippen LogP) is 5.56. The zero-order valence-electron chi connectivity index (χ0n) is 16.8. The third-order valence-electron chi connectivity index (χ3n) is 4.56. The molecule has 0 bridgehead atoms. The van der Waals surface area contributed by atoms with Gasteiger partial charge in [0.2, 0.25) is 0 Å². The Kier molecular flexibility index (Phi) is 7.09. The number of benzene rings is 3. The lowest BCUT2D eigenvalue weighted by Gasteiger charge is -2.15.